The Hall–Kier alpha value is -1.66. The van der Waals surface area contributed by atoms with Gasteiger partial charge in [0.2, 0.25) is 0 Å². The molecule has 1 nitrogen and oxygen atoms in total. The van der Waals surface area contributed by atoms with E-state index in [4.69, 9.17) is 0 Å². The van der Waals surface area contributed by atoms with Gasteiger partial charge in [0.15, 0.2) is 0 Å². The van der Waals surface area contributed by atoms with Crippen molar-refractivity contribution in [2.24, 2.45) is 5.92 Å². The summed E-state index contributed by atoms with van der Waals surface area (Å²) in [5, 5.41) is 14.8. The number of hydrogen-bond donors (Lipinski definition) is 1. The van der Waals surface area contributed by atoms with Crippen LogP contribution in [-0.4, -0.2) is 16.9 Å². The smallest absolute Gasteiger partial charge is 0.112 e. The van der Waals surface area contributed by atoms with E-state index in [9.17, 15) is 5.11 Å². The summed E-state index contributed by atoms with van der Waals surface area (Å²) in [5.41, 5.74) is -0.719. The minimum absolute atomic E-state index is 0. The van der Waals surface area contributed by atoms with E-state index in [0.29, 0.717) is 0 Å². The van der Waals surface area contributed by atoms with E-state index in [2.05, 4.69) is 97.9 Å². The molecule has 3 rings (SSSR count). The molecule has 1 atom stereocenters. The lowest BCUT2D eigenvalue weighted by Crippen LogP contribution is -3.00. The van der Waals surface area contributed by atoms with Crippen LogP contribution in [0.25, 0.3) is 0 Å². The predicted molar refractivity (Wildman–Crippen MR) is 115 cm³/mol. The number of benzene rings is 3. The van der Waals surface area contributed by atoms with Crippen LogP contribution in [0.4, 0.5) is 0 Å². The Balaban J connectivity index is 0.00000261. The molecule has 0 saturated heterocycles. The maximum atomic E-state index is 10.7. The molecule has 0 saturated carbocycles. The molecule has 0 fully saturated rings. The topological polar surface area (TPSA) is 20.2 Å². The number of aliphatic hydroxyl groups is 1. The molecule has 0 aliphatic rings. The molecule has 0 spiro atoms. The third-order valence-corrected chi connectivity index (χ3v) is 9.98. The van der Waals surface area contributed by atoms with E-state index in [1.54, 1.807) is 0 Å². The molecule has 0 aliphatic heterocycles. The zero-order valence-corrected chi connectivity index (χ0v) is 17.9. The molecule has 0 aromatic heterocycles. The van der Waals surface area contributed by atoms with E-state index in [0.717, 1.165) is 6.16 Å². The van der Waals surface area contributed by atoms with Crippen molar-refractivity contribution in [1.29, 1.82) is 0 Å². The molecule has 0 unspecified atom stereocenters. The normalized spacial score (nSPS) is 12.9. The first-order valence-corrected chi connectivity index (χ1v) is 11.2. The van der Waals surface area contributed by atoms with Gasteiger partial charge in [-0.25, -0.2) is 0 Å². The largest absolute Gasteiger partial charge is 1.00 e. The average Bonchev–Trinajstić information content (AvgIpc) is 2.67. The SMILES string of the molecule is C[C@H](C[P+](c1ccccc1)(c1ccccc1)c1ccccc1)C(C)(C)O.[Cl-]. The van der Waals surface area contributed by atoms with Crippen molar-refractivity contribution in [2.75, 3.05) is 6.16 Å². The second kappa shape index (κ2) is 9.02. The van der Waals surface area contributed by atoms with E-state index in [1.165, 1.54) is 15.9 Å². The minimum atomic E-state index is -1.87. The highest BCUT2D eigenvalue weighted by molar-refractivity contribution is 7.95. The minimum Gasteiger partial charge on any atom is -1.00 e. The van der Waals surface area contributed by atoms with Gasteiger partial charge in [-0.3, -0.25) is 0 Å². The second-order valence-corrected chi connectivity index (χ2v) is 11.1. The first-order valence-electron chi connectivity index (χ1n) is 9.22. The van der Waals surface area contributed by atoms with Crippen molar-refractivity contribution in [3.05, 3.63) is 91.0 Å². The van der Waals surface area contributed by atoms with Gasteiger partial charge in [0.1, 0.15) is 23.2 Å². The standard InChI is InChI=1S/C24H28OP.ClH/c1-20(24(2,3)25)19-26(21-13-7-4-8-14-21,22-15-9-5-10-16-22)23-17-11-6-12-18-23;/h4-18,20,25H,19H2,1-3H3;1H/q+1;/p-1/t20-;/m1./s1. The van der Waals surface area contributed by atoms with Gasteiger partial charge in [0.25, 0.3) is 0 Å². The van der Waals surface area contributed by atoms with Crippen LogP contribution in [-0.2, 0) is 0 Å². The Morgan fingerprint density at radius 1 is 0.704 bits per heavy atom. The van der Waals surface area contributed by atoms with Gasteiger partial charge in [0.05, 0.1) is 11.8 Å². The number of rotatable bonds is 6. The van der Waals surface area contributed by atoms with E-state index < -0.39 is 12.9 Å². The van der Waals surface area contributed by atoms with Crippen molar-refractivity contribution >= 4 is 23.2 Å². The Morgan fingerprint density at radius 2 is 1.00 bits per heavy atom. The fraction of sp³-hybridized carbons (Fsp3) is 0.250. The molecule has 1 N–H and O–H groups in total. The molecule has 142 valence electrons. The van der Waals surface area contributed by atoms with Gasteiger partial charge >= 0.3 is 0 Å². The van der Waals surface area contributed by atoms with Gasteiger partial charge in [-0.1, -0.05) is 61.5 Å². The Bertz CT molecular complexity index is 717. The summed E-state index contributed by atoms with van der Waals surface area (Å²) in [4.78, 5) is 0. The highest BCUT2D eigenvalue weighted by atomic mass is 35.5. The van der Waals surface area contributed by atoms with E-state index in [-0.39, 0.29) is 18.3 Å². The lowest BCUT2D eigenvalue weighted by Gasteiger charge is -2.34. The fourth-order valence-corrected chi connectivity index (χ4v) is 8.28. The van der Waals surface area contributed by atoms with Crippen molar-refractivity contribution in [3.8, 4) is 0 Å². The maximum absolute atomic E-state index is 10.7. The van der Waals surface area contributed by atoms with E-state index >= 15 is 0 Å². The molecule has 0 heterocycles. The third-order valence-electron chi connectivity index (χ3n) is 5.34. The van der Waals surface area contributed by atoms with Crippen LogP contribution in [0.3, 0.4) is 0 Å². The Morgan fingerprint density at radius 3 is 1.26 bits per heavy atom. The quantitative estimate of drug-likeness (QED) is 0.622. The first kappa shape index (κ1) is 21.6. The molecule has 3 aromatic carbocycles. The zero-order chi connectivity index (χ0) is 18.6. The summed E-state index contributed by atoms with van der Waals surface area (Å²) in [6, 6.07) is 32.5. The first-order chi connectivity index (χ1) is 12.4. The molecule has 0 bridgehead atoms. The number of halogens is 1. The Kier molecular flexibility index (Phi) is 7.23. The third kappa shape index (κ3) is 4.61. The van der Waals surface area contributed by atoms with Crippen molar-refractivity contribution in [2.45, 2.75) is 26.4 Å². The lowest BCUT2D eigenvalue weighted by molar-refractivity contribution is -0.0000179. The maximum Gasteiger partial charge on any atom is 0.112 e. The van der Waals surface area contributed by atoms with Crippen LogP contribution in [0.2, 0.25) is 0 Å². The van der Waals surface area contributed by atoms with Crippen molar-refractivity contribution in [3.63, 3.8) is 0 Å². The van der Waals surface area contributed by atoms with Gasteiger partial charge in [-0.2, -0.15) is 0 Å². The summed E-state index contributed by atoms with van der Waals surface area (Å²) in [7, 11) is -1.87. The molecular weight excluding hydrogens is 371 g/mol. The zero-order valence-electron chi connectivity index (χ0n) is 16.2. The van der Waals surface area contributed by atoms with Crippen molar-refractivity contribution < 1.29 is 17.5 Å². The molecule has 27 heavy (non-hydrogen) atoms. The molecule has 0 radical (unpaired) electrons. The van der Waals surface area contributed by atoms with Crippen LogP contribution in [0.5, 0.6) is 0 Å². The molecule has 0 aliphatic carbocycles. The number of hydrogen-bond acceptors (Lipinski definition) is 1. The van der Waals surface area contributed by atoms with Crippen molar-refractivity contribution in [1.82, 2.24) is 0 Å². The van der Waals surface area contributed by atoms with Gasteiger partial charge in [0, 0.05) is 5.92 Å². The van der Waals surface area contributed by atoms with Crippen LogP contribution < -0.4 is 28.3 Å². The van der Waals surface area contributed by atoms with Gasteiger partial charge < -0.3 is 17.5 Å². The molecule has 3 heteroatoms. The summed E-state index contributed by atoms with van der Waals surface area (Å²) in [5.74, 6) is 0.163. The highest BCUT2D eigenvalue weighted by Gasteiger charge is 2.48. The van der Waals surface area contributed by atoms with Crippen LogP contribution in [0.1, 0.15) is 20.8 Å². The highest BCUT2D eigenvalue weighted by Crippen LogP contribution is 2.57. The lowest BCUT2D eigenvalue weighted by atomic mass is 9.95. The van der Waals surface area contributed by atoms with Crippen LogP contribution >= 0.6 is 7.26 Å². The fourth-order valence-electron chi connectivity index (χ4n) is 3.45. The van der Waals surface area contributed by atoms with Crippen LogP contribution in [0.15, 0.2) is 91.0 Å². The summed E-state index contributed by atoms with van der Waals surface area (Å²) in [6.45, 7) is 6.02. The van der Waals surface area contributed by atoms with E-state index in [1.807, 2.05) is 13.8 Å². The molecular formula is C24H28ClOP. The van der Waals surface area contributed by atoms with Gasteiger partial charge in [-0.15, -0.1) is 0 Å². The van der Waals surface area contributed by atoms with Gasteiger partial charge in [-0.05, 0) is 50.2 Å². The van der Waals surface area contributed by atoms with Crippen LogP contribution in [0, 0.1) is 5.92 Å². The summed E-state index contributed by atoms with van der Waals surface area (Å²) in [6.07, 6.45) is 0.939. The second-order valence-electron chi connectivity index (χ2n) is 7.55. The average molecular weight is 399 g/mol. The predicted octanol–water partition coefficient (Wildman–Crippen LogP) is 1.39. The summed E-state index contributed by atoms with van der Waals surface area (Å²) < 4.78 is 0. The molecule has 3 aromatic rings. The summed E-state index contributed by atoms with van der Waals surface area (Å²) >= 11 is 0. The monoisotopic (exact) mass is 398 g/mol. The Labute approximate surface area is 170 Å². The molecule has 0 amide bonds.